The Morgan fingerprint density at radius 3 is 1.50 bits per heavy atom. The Labute approximate surface area is 104 Å². The normalized spacial score (nSPS) is 10.2. The van der Waals surface area contributed by atoms with E-state index in [2.05, 4.69) is 0 Å². The van der Waals surface area contributed by atoms with E-state index in [1.54, 1.807) is 13.2 Å². The summed E-state index contributed by atoms with van der Waals surface area (Å²) in [7, 11) is 1.66. The molecule has 0 unspecified atom stereocenters. The van der Waals surface area contributed by atoms with Crippen molar-refractivity contribution in [3.05, 3.63) is 66.2 Å². The second-order valence-corrected chi connectivity index (χ2v) is 3.38. The fourth-order valence-electron chi connectivity index (χ4n) is 1.18. The van der Waals surface area contributed by atoms with Crippen molar-refractivity contribution in [2.75, 3.05) is 7.11 Å². The standard InChI is InChI=1S/C7H5F3.C7H8O/c8-7(9,10)6-4-2-1-3-5-6;1-8-7-5-3-2-4-6-7/h1-5H;2-6H,1H3. The molecule has 0 aliphatic rings. The number of hydrogen-bond acceptors (Lipinski definition) is 1. The minimum absolute atomic E-state index is 0.602. The molecule has 0 aliphatic carbocycles. The van der Waals surface area contributed by atoms with E-state index >= 15 is 0 Å². The Bertz CT molecular complexity index is 438. The van der Waals surface area contributed by atoms with E-state index in [4.69, 9.17) is 4.74 Å². The van der Waals surface area contributed by atoms with Crippen LogP contribution in [0.3, 0.4) is 0 Å². The lowest BCUT2D eigenvalue weighted by Gasteiger charge is -2.03. The molecule has 96 valence electrons. The first-order chi connectivity index (χ1) is 8.54. The average molecular weight is 254 g/mol. The number of para-hydroxylation sites is 1. The Balaban J connectivity index is 0.000000184. The zero-order chi connectivity index (χ0) is 13.4. The first-order valence-electron chi connectivity index (χ1n) is 5.25. The van der Waals surface area contributed by atoms with E-state index in [1.165, 1.54) is 12.1 Å². The minimum Gasteiger partial charge on any atom is -0.497 e. The molecule has 0 aromatic heterocycles. The van der Waals surface area contributed by atoms with Crippen LogP contribution in [0, 0.1) is 0 Å². The van der Waals surface area contributed by atoms with Crippen molar-refractivity contribution in [1.82, 2.24) is 0 Å². The lowest BCUT2D eigenvalue weighted by molar-refractivity contribution is -0.137. The van der Waals surface area contributed by atoms with Crippen LogP contribution in [0.2, 0.25) is 0 Å². The van der Waals surface area contributed by atoms with Gasteiger partial charge in [-0.15, -0.1) is 0 Å². The van der Waals surface area contributed by atoms with Crippen molar-refractivity contribution >= 4 is 0 Å². The molecule has 2 rings (SSSR count). The lowest BCUT2D eigenvalue weighted by Crippen LogP contribution is -2.03. The van der Waals surface area contributed by atoms with Gasteiger partial charge in [-0.2, -0.15) is 13.2 Å². The van der Waals surface area contributed by atoms with Gasteiger partial charge in [0, 0.05) is 0 Å². The van der Waals surface area contributed by atoms with Crippen molar-refractivity contribution in [2.45, 2.75) is 6.18 Å². The highest BCUT2D eigenvalue weighted by molar-refractivity contribution is 5.20. The van der Waals surface area contributed by atoms with Gasteiger partial charge in [0.15, 0.2) is 0 Å². The molecule has 0 spiro atoms. The van der Waals surface area contributed by atoms with Gasteiger partial charge in [0.2, 0.25) is 0 Å². The summed E-state index contributed by atoms with van der Waals surface area (Å²) in [5, 5.41) is 0. The van der Waals surface area contributed by atoms with Crippen LogP contribution in [0.15, 0.2) is 60.7 Å². The Morgan fingerprint density at radius 2 is 1.22 bits per heavy atom. The molecular formula is C14H13F3O. The molecule has 0 aliphatic heterocycles. The Kier molecular flexibility index (Phi) is 5.24. The van der Waals surface area contributed by atoms with Crippen LogP contribution in [-0.2, 0) is 6.18 Å². The third-order valence-corrected chi connectivity index (χ3v) is 2.08. The van der Waals surface area contributed by atoms with Crippen molar-refractivity contribution in [2.24, 2.45) is 0 Å². The number of methoxy groups -OCH3 is 1. The summed E-state index contributed by atoms with van der Waals surface area (Å²) in [6, 6.07) is 16.0. The van der Waals surface area contributed by atoms with E-state index in [1.807, 2.05) is 30.3 Å². The number of halogens is 3. The molecular weight excluding hydrogens is 241 g/mol. The van der Waals surface area contributed by atoms with Crippen molar-refractivity contribution in [3.63, 3.8) is 0 Å². The molecule has 0 fully saturated rings. The molecule has 2 aromatic rings. The van der Waals surface area contributed by atoms with E-state index in [-0.39, 0.29) is 0 Å². The van der Waals surface area contributed by atoms with Crippen molar-refractivity contribution in [3.8, 4) is 5.75 Å². The SMILES string of the molecule is COc1ccccc1.FC(F)(F)c1ccccc1. The third-order valence-electron chi connectivity index (χ3n) is 2.08. The summed E-state index contributed by atoms with van der Waals surface area (Å²) in [6.45, 7) is 0. The topological polar surface area (TPSA) is 9.23 Å². The van der Waals surface area contributed by atoms with Gasteiger partial charge in [0.25, 0.3) is 0 Å². The largest absolute Gasteiger partial charge is 0.497 e. The van der Waals surface area contributed by atoms with Gasteiger partial charge in [-0.1, -0.05) is 48.5 Å². The number of rotatable bonds is 1. The maximum Gasteiger partial charge on any atom is 0.416 e. The predicted octanol–water partition coefficient (Wildman–Crippen LogP) is 4.40. The third kappa shape index (κ3) is 4.91. The first-order valence-corrected chi connectivity index (χ1v) is 5.25. The second kappa shape index (κ2) is 6.69. The number of benzene rings is 2. The molecule has 0 N–H and O–H groups in total. The smallest absolute Gasteiger partial charge is 0.416 e. The summed E-state index contributed by atoms with van der Waals surface area (Å²) in [5.41, 5.74) is -0.602. The molecule has 18 heavy (non-hydrogen) atoms. The van der Waals surface area contributed by atoms with Gasteiger partial charge < -0.3 is 4.74 Å². The van der Waals surface area contributed by atoms with Crippen molar-refractivity contribution in [1.29, 1.82) is 0 Å². The maximum absolute atomic E-state index is 11.8. The van der Waals surface area contributed by atoms with Crippen LogP contribution in [0.5, 0.6) is 5.75 Å². The van der Waals surface area contributed by atoms with E-state index in [0.717, 1.165) is 17.9 Å². The first kappa shape index (κ1) is 14.1. The van der Waals surface area contributed by atoms with Crippen LogP contribution in [0.4, 0.5) is 13.2 Å². The van der Waals surface area contributed by atoms with Gasteiger partial charge in [-0.05, 0) is 12.1 Å². The molecule has 4 heteroatoms. The van der Waals surface area contributed by atoms with E-state index in [9.17, 15) is 13.2 Å². The van der Waals surface area contributed by atoms with Gasteiger partial charge in [-0.25, -0.2) is 0 Å². The molecule has 0 saturated carbocycles. The molecule has 0 bridgehead atoms. The van der Waals surface area contributed by atoms with Crippen LogP contribution in [0.1, 0.15) is 5.56 Å². The molecule has 0 radical (unpaired) electrons. The fourth-order valence-corrected chi connectivity index (χ4v) is 1.18. The van der Waals surface area contributed by atoms with E-state index < -0.39 is 11.7 Å². The second-order valence-electron chi connectivity index (χ2n) is 3.38. The summed E-state index contributed by atoms with van der Waals surface area (Å²) in [5.74, 6) is 0.910. The fraction of sp³-hybridized carbons (Fsp3) is 0.143. The summed E-state index contributed by atoms with van der Waals surface area (Å²) < 4.78 is 40.3. The summed E-state index contributed by atoms with van der Waals surface area (Å²) in [4.78, 5) is 0. The predicted molar refractivity (Wildman–Crippen MR) is 64.4 cm³/mol. The average Bonchev–Trinajstić information content (AvgIpc) is 2.40. The monoisotopic (exact) mass is 254 g/mol. The zero-order valence-electron chi connectivity index (χ0n) is 9.82. The van der Waals surface area contributed by atoms with Crippen LogP contribution in [0.25, 0.3) is 0 Å². The Hall–Kier alpha value is -1.97. The number of ether oxygens (including phenoxy) is 1. The zero-order valence-corrected chi connectivity index (χ0v) is 9.82. The lowest BCUT2D eigenvalue weighted by atomic mass is 10.2. The van der Waals surface area contributed by atoms with Crippen molar-refractivity contribution < 1.29 is 17.9 Å². The minimum atomic E-state index is -4.21. The molecule has 0 amide bonds. The van der Waals surface area contributed by atoms with Crippen LogP contribution >= 0.6 is 0 Å². The Morgan fingerprint density at radius 1 is 0.778 bits per heavy atom. The molecule has 1 nitrogen and oxygen atoms in total. The van der Waals surface area contributed by atoms with Gasteiger partial charge in [-0.3, -0.25) is 0 Å². The number of alkyl halides is 3. The maximum atomic E-state index is 11.8. The van der Waals surface area contributed by atoms with Gasteiger partial charge in [0.1, 0.15) is 5.75 Å². The molecule has 0 heterocycles. The van der Waals surface area contributed by atoms with Crippen LogP contribution in [-0.4, -0.2) is 7.11 Å². The summed E-state index contributed by atoms with van der Waals surface area (Å²) >= 11 is 0. The highest BCUT2D eigenvalue weighted by atomic mass is 19.4. The molecule has 2 aromatic carbocycles. The van der Waals surface area contributed by atoms with Crippen LogP contribution < -0.4 is 4.74 Å². The molecule has 0 saturated heterocycles. The number of hydrogen-bond donors (Lipinski definition) is 0. The molecule has 0 atom stereocenters. The highest BCUT2D eigenvalue weighted by Crippen LogP contribution is 2.28. The van der Waals surface area contributed by atoms with Gasteiger partial charge >= 0.3 is 6.18 Å². The quantitative estimate of drug-likeness (QED) is 0.732. The van der Waals surface area contributed by atoms with E-state index in [0.29, 0.717) is 0 Å². The van der Waals surface area contributed by atoms with Gasteiger partial charge in [0.05, 0.1) is 12.7 Å². The highest BCUT2D eigenvalue weighted by Gasteiger charge is 2.29. The summed E-state index contributed by atoms with van der Waals surface area (Å²) in [6.07, 6.45) is -4.21.